The molecule has 102 valence electrons. The third kappa shape index (κ3) is 2.98. The quantitative estimate of drug-likeness (QED) is 0.861. The molecule has 0 unspecified atom stereocenters. The van der Waals surface area contributed by atoms with E-state index in [2.05, 4.69) is 25.6 Å². The van der Waals surface area contributed by atoms with Crippen molar-refractivity contribution in [1.82, 2.24) is 4.98 Å². The Morgan fingerprint density at radius 3 is 2.70 bits per heavy atom. The van der Waals surface area contributed by atoms with Gasteiger partial charge in [0, 0.05) is 6.20 Å². The lowest BCUT2D eigenvalue weighted by Gasteiger charge is -2.11. The summed E-state index contributed by atoms with van der Waals surface area (Å²) in [6, 6.07) is 9.63. The van der Waals surface area contributed by atoms with E-state index >= 15 is 0 Å². The molecule has 1 aromatic carbocycles. The summed E-state index contributed by atoms with van der Waals surface area (Å²) >= 11 is 3.18. The molecule has 0 amide bonds. The summed E-state index contributed by atoms with van der Waals surface area (Å²) < 4.78 is 27.5. The smallest absolute Gasteiger partial charge is 0.262 e. The fourth-order valence-corrected chi connectivity index (χ4v) is 3.46. The van der Waals surface area contributed by atoms with E-state index in [1.165, 1.54) is 18.2 Å². The lowest BCUT2D eigenvalue weighted by Crippen LogP contribution is -2.14. The maximum absolute atomic E-state index is 12.3. The van der Waals surface area contributed by atoms with E-state index in [9.17, 15) is 8.42 Å². The molecular weight excluding hydrogens is 342 g/mol. The van der Waals surface area contributed by atoms with Crippen LogP contribution in [0.2, 0.25) is 0 Å². The van der Waals surface area contributed by atoms with Crippen molar-refractivity contribution in [2.24, 2.45) is 0 Å². The fraction of sp³-hybridized carbons (Fsp3) is 0.0769. The zero-order valence-corrected chi connectivity index (χ0v) is 12.9. The summed E-state index contributed by atoms with van der Waals surface area (Å²) in [5.74, 6) is 0. The molecule has 0 fully saturated rings. The van der Waals surface area contributed by atoms with Crippen LogP contribution in [0.15, 0.2) is 46.0 Å². The van der Waals surface area contributed by atoms with E-state index in [0.717, 1.165) is 0 Å². The number of benzene rings is 1. The predicted octanol–water partition coefficient (Wildman–Crippen LogP) is 2.83. The molecule has 1 aromatic heterocycles. The van der Waals surface area contributed by atoms with Crippen molar-refractivity contribution in [3.05, 3.63) is 52.3 Å². The summed E-state index contributed by atoms with van der Waals surface area (Å²) in [5.41, 5.74) is 1.29. The van der Waals surface area contributed by atoms with Crippen molar-refractivity contribution in [2.75, 3.05) is 4.72 Å². The largest absolute Gasteiger partial charge is 0.277 e. The van der Waals surface area contributed by atoms with Gasteiger partial charge in [-0.2, -0.15) is 5.26 Å². The van der Waals surface area contributed by atoms with Gasteiger partial charge in [-0.1, -0.05) is 0 Å². The molecule has 0 radical (unpaired) electrons. The second-order valence-electron chi connectivity index (χ2n) is 4.04. The van der Waals surface area contributed by atoms with E-state index in [0.29, 0.717) is 21.4 Å². The average molecular weight is 352 g/mol. The topological polar surface area (TPSA) is 82.8 Å². The van der Waals surface area contributed by atoms with Gasteiger partial charge >= 0.3 is 0 Å². The minimum atomic E-state index is -3.72. The maximum atomic E-state index is 12.3. The number of rotatable bonds is 3. The van der Waals surface area contributed by atoms with Gasteiger partial charge in [-0.05, 0) is 58.7 Å². The number of anilines is 1. The monoisotopic (exact) mass is 351 g/mol. The molecule has 20 heavy (non-hydrogen) atoms. The molecule has 2 rings (SSSR count). The number of nitriles is 1. The second kappa shape index (κ2) is 5.61. The fourth-order valence-electron chi connectivity index (χ4n) is 1.68. The molecule has 0 atom stereocenters. The number of pyridine rings is 1. The Labute approximate surface area is 125 Å². The van der Waals surface area contributed by atoms with Crippen LogP contribution in [0.3, 0.4) is 0 Å². The molecule has 0 spiro atoms. The lowest BCUT2D eigenvalue weighted by atomic mass is 10.2. The van der Waals surface area contributed by atoms with Crippen LogP contribution in [0.5, 0.6) is 0 Å². The van der Waals surface area contributed by atoms with Gasteiger partial charge in [0.15, 0.2) is 0 Å². The average Bonchev–Trinajstić information content (AvgIpc) is 2.40. The van der Waals surface area contributed by atoms with Gasteiger partial charge in [0.25, 0.3) is 10.0 Å². The minimum Gasteiger partial charge on any atom is -0.277 e. The molecule has 5 nitrogen and oxygen atoms in total. The number of hydrogen-bond acceptors (Lipinski definition) is 4. The van der Waals surface area contributed by atoms with Crippen molar-refractivity contribution in [2.45, 2.75) is 11.8 Å². The van der Waals surface area contributed by atoms with Gasteiger partial charge in [-0.3, -0.25) is 4.72 Å². The van der Waals surface area contributed by atoms with Crippen LogP contribution < -0.4 is 4.72 Å². The molecule has 1 N–H and O–H groups in total. The van der Waals surface area contributed by atoms with Crippen molar-refractivity contribution in [1.29, 1.82) is 5.26 Å². The molecular formula is C13H10BrN3O2S. The predicted molar refractivity (Wildman–Crippen MR) is 78.6 cm³/mol. The summed E-state index contributed by atoms with van der Waals surface area (Å²) in [5, 5.41) is 8.80. The van der Waals surface area contributed by atoms with Gasteiger partial charge in [-0.25, -0.2) is 13.4 Å². The summed E-state index contributed by atoms with van der Waals surface area (Å²) in [7, 11) is -3.72. The van der Waals surface area contributed by atoms with Crippen LogP contribution in [0.1, 0.15) is 11.1 Å². The number of nitrogens with one attached hydrogen (secondary N) is 1. The zero-order chi connectivity index (χ0) is 14.8. The van der Waals surface area contributed by atoms with Crippen LogP contribution in [0, 0.1) is 18.3 Å². The summed E-state index contributed by atoms with van der Waals surface area (Å²) in [4.78, 5) is 4.09. The maximum Gasteiger partial charge on any atom is 0.262 e. The number of aryl methyl sites for hydroxylation is 1. The van der Waals surface area contributed by atoms with E-state index in [4.69, 9.17) is 5.26 Å². The first-order valence-electron chi connectivity index (χ1n) is 5.58. The van der Waals surface area contributed by atoms with Gasteiger partial charge in [-0.15, -0.1) is 0 Å². The molecule has 2 aromatic rings. The number of hydrogen-bond donors (Lipinski definition) is 1. The number of halogens is 1. The molecule has 0 saturated heterocycles. The molecule has 0 aliphatic heterocycles. The van der Waals surface area contributed by atoms with Crippen molar-refractivity contribution in [3.63, 3.8) is 0 Å². The number of sulfonamides is 1. The van der Waals surface area contributed by atoms with Gasteiger partial charge in [0.2, 0.25) is 0 Å². The van der Waals surface area contributed by atoms with Crippen LogP contribution in [-0.4, -0.2) is 13.4 Å². The third-order valence-corrected chi connectivity index (χ3v) is 4.75. The number of aromatic nitrogens is 1. The van der Waals surface area contributed by atoms with Gasteiger partial charge in [0.05, 0.1) is 22.2 Å². The Balaban J connectivity index is 2.42. The van der Waals surface area contributed by atoms with E-state index in [1.54, 1.807) is 25.3 Å². The van der Waals surface area contributed by atoms with Crippen molar-refractivity contribution >= 4 is 31.6 Å². The molecule has 0 bridgehead atoms. The molecule has 0 saturated carbocycles. The van der Waals surface area contributed by atoms with E-state index in [1.807, 2.05) is 6.07 Å². The highest BCUT2D eigenvalue weighted by Crippen LogP contribution is 2.24. The van der Waals surface area contributed by atoms with E-state index in [-0.39, 0.29) is 4.90 Å². The first-order chi connectivity index (χ1) is 9.44. The number of nitrogens with zero attached hydrogens (tertiary/aromatic N) is 2. The van der Waals surface area contributed by atoms with Crippen molar-refractivity contribution in [3.8, 4) is 6.07 Å². The molecule has 0 aliphatic rings. The Hall–Kier alpha value is -1.91. The Bertz CT molecular complexity index is 798. The molecule has 0 aliphatic carbocycles. The van der Waals surface area contributed by atoms with Gasteiger partial charge < -0.3 is 0 Å². The van der Waals surface area contributed by atoms with Gasteiger partial charge in [0.1, 0.15) is 4.60 Å². The summed E-state index contributed by atoms with van der Waals surface area (Å²) in [6.07, 6.45) is 1.55. The zero-order valence-electron chi connectivity index (χ0n) is 10.5. The Morgan fingerprint density at radius 1 is 1.35 bits per heavy atom. The highest BCUT2D eigenvalue weighted by molar-refractivity contribution is 9.10. The lowest BCUT2D eigenvalue weighted by molar-refractivity contribution is 0.600. The first-order valence-corrected chi connectivity index (χ1v) is 7.86. The highest BCUT2D eigenvalue weighted by Gasteiger charge is 2.18. The Morgan fingerprint density at radius 2 is 2.10 bits per heavy atom. The Kier molecular flexibility index (Phi) is 4.06. The van der Waals surface area contributed by atoms with Crippen LogP contribution in [0.25, 0.3) is 0 Å². The van der Waals surface area contributed by atoms with Crippen LogP contribution in [0.4, 0.5) is 5.69 Å². The second-order valence-corrected chi connectivity index (χ2v) is 6.44. The molecule has 1 heterocycles. The normalized spacial score (nSPS) is 10.8. The minimum absolute atomic E-state index is 0.132. The van der Waals surface area contributed by atoms with E-state index < -0.39 is 10.0 Å². The first kappa shape index (κ1) is 14.5. The molecule has 7 heteroatoms. The van der Waals surface area contributed by atoms with Crippen molar-refractivity contribution < 1.29 is 8.42 Å². The SMILES string of the molecule is Cc1cc(C#N)ccc1S(=O)(=O)Nc1cccnc1Br. The van der Waals surface area contributed by atoms with Crippen LogP contribution >= 0.6 is 15.9 Å². The highest BCUT2D eigenvalue weighted by atomic mass is 79.9. The standard InChI is InChI=1S/C13H10BrN3O2S/c1-9-7-10(8-15)4-5-12(9)20(18,19)17-11-3-2-6-16-13(11)14/h2-7,17H,1H3. The summed E-state index contributed by atoms with van der Waals surface area (Å²) in [6.45, 7) is 1.65. The van der Waals surface area contributed by atoms with Crippen LogP contribution in [-0.2, 0) is 10.0 Å². The third-order valence-electron chi connectivity index (χ3n) is 2.60.